The van der Waals surface area contributed by atoms with Gasteiger partial charge in [0.25, 0.3) is 0 Å². The Morgan fingerprint density at radius 3 is 2.65 bits per heavy atom. The highest BCUT2D eigenvalue weighted by atomic mass is 15.1. The Morgan fingerprint density at radius 1 is 1.25 bits per heavy atom. The molecule has 0 atom stereocenters. The van der Waals surface area contributed by atoms with Gasteiger partial charge in [-0.15, -0.1) is 0 Å². The van der Waals surface area contributed by atoms with Crippen LogP contribution in [0.3, 0.4) is 0 Å². The second kappa shape index (κ2) is 7.80. The van der Waals surface area contributed by atoms with Gasteiger partial charge in [-0.1, -0.05) is 45.0 Å². The van der Waals surface area contributed by atoms with Crippen molar-refractivity contribution in [2.45, 2.75) is 59.2 Å². The maximum atomic E-state index is 3.50. The van der Waals surface area contributed by atoms with Gasteiger partial charge < -0.3 is 5.32 Å². The highest BCUT2D eigenvalue weighted by Crippen LogP contribution is 2.30. The van der Waals surface area contributed by atoms with Crippen LogP contribution < -0.4 is 5.32 Å². The first kappa shape index (κ1) is 15.5. The molecular formula is C18H30N2. The lowest BCUT2D eigenvalue weighted by molar-refractivity contribution is 0.255. The molecule has 2 heteroatoms. The standard InChI is InChI=1S/C18H30N2/c1-4-10-20(13-16-8-9-16)14-18-7-5-6-17(11-18)12-19-15(2)3/h5-7,11,15-16,19H,4,8-10,12-14H2,1-3H3. The number of rotatable bonds is 9. The van der Waals surface area contributed by atoms with Crippen LogP contribution in [0.25, 0.3) is 0 Å². The van der Waals surface area contributed by atoms with Gasteiger partial charge >= 0.3 is 0 Å². The highest BCUT2D eigenvalue weighted by molar-refractivity contribution is 5.23. The lowest BCUT2D eigenvalue weighted by Gasteiger charge is -2.22. The van der Waals surface area contributed by atoms with Gasteiger partial charge in [-0.25, -0.2) is 0 Å². The second-order valence-electron chi connectivity index (χ2n) is 6.53. The van der Waals surface area contributed by atoms with Crippen molar-refractivity contribution in [3.63, 3.8) is 0 Å². The lowest BCUT2D eigenvalue weighted by Crippen LogP contribution is -2.26. The van der Waals surface area contributed by atoms with E-state index in [0.29, 0.717) is 6.04 Å². The summed E-state index contributed by atoms with van der Waals surface area (Å²) in [6.07, 6.45) is 4.14. The Balaban J connectivity index is 1.90. The van der Waals surface area contributed by atoms with Crippen LogP contribution >= 0.6 is 0 Å². The molecule has 0 aromatic heterocycles. The van der Waals surface area contributed by atoms with Gasteiger partial charge in [-0.3, -0.25) is 4.90 Å². The summed E-state index contributed by atoms with van der Waals surface area (Å²) in [5.74, 6) is 0.979. The summed E-state index contributed by atoms with van der Waals surface area (Å²) >= 11 is 0. The van der Waals surface area contributed by atoms with Crippen LogP contribution in [0, 0.1) is 5.92 Å². The van der Waals surface area contributed by atoms with Gasteiger partial charge in [-0.05, 0) is 42.9 Å². The molecule has 0 bridgehead atoms. The van der Waals surface area contributed by atoms with Gasteiger partial charge in [0, 0.05) is 25.7 Å². The van der Waals surface area contributed by atoms with Gasteiger partial charge in [0.2, 0.25) is 0 Å². The average Bonchev–Trinajstić information content (AvgIpc) is 3.21. The largest absolute Gasteiger partial charge is 0.310 e. The molecule has 20 heavy (non-hydrogen) atoms. The smallest absolute Gasteiger partial charge is 0.0233 e. The molecule has 0 amide bonds. The molecule has 1 N–H and O–H groups in total. The van der Waals surface area contributed by atoms with E-state index >= 15 is 0 Å². The molecule has 0 aliphatic heterocycles. The molecule has 1 aromatic carbocycles. The molecule has 0 spiro atoms. The number of benzene rings is 1. The molecule has 0 radical (unpaired) electrons. The molecule has 0 unspecified atom stereocenters. The van der Waals surface area contributed by atoms with Crippen LogP contribution in [0.15, 0.2) is 24.3 Å². The van der Waals surface area contributed by atoms with Crippen molar-refractivity contribution in [1.82, 2.24) is 10.2 Å². The van der Waals surface area contributed by atoms with Crippen molar-refractivity contribution < 1.29 is 0 Å². The first-order valence-electron chi connectivity index (χ1n) is 8.21. The zero-order chi connectivity index (χ0) is 14.4. The summed E-state index contributed by atoms with van der Waals surface area (Å²) in [6, 6.07) is 9.61. The van der Waals surface area contributed by atoms with Crippen molar-refractivity contribution in [3.8, 4) is 0 Å². The van der Waals surface area contributed by atoms with Crippen molar-refractivity contribution in [3.05, 3.63) is 35.4 Å². The molecule has 1 aromatic rings. The van der Waals surface area contributed by atoms with Crippen molar-refractivity contribution in [1.29, 1.82) is 0 Å². The van der Waals surface area contributed by atoms with Crippen LogP contribution in [0.2, 0.25) is 0 Å². The predicted octanol–water partition coefficient (Wildman–Crippen LogP) is 3.81. The zero-order valence-electron chi connectivity index (χ0n) is 13.4. The van der Waals surface area contributed by atoms with Crippen molar-refractivity contribution >= 4 is 0 Å². The molecule has 1 aliphatic rings. The van der Waals surface area contributed by atoms with Gasteiger partial charge in [0.1, 0.15) is 0 Å². The van der Waals surface area contributed by atoms with Crippen LogP contribution in [0.4, 0.5) is 0 Å². The van der Waals surface area contributed by atoms with Crippen LogP contribution in [0.1, 0.15) is 51.2 Å². The maximum absolute atomic E-state index is 3.50. The third-order valence-electron chi connectivity index (χ3n) is 3.87. The first-order chi connectivity index (χ1) is 9.67. The summed E-state index contributed by atoms with van der Waals surface area (Å²) in [6.45, 7) is 11.3. The first-order valence-corrected chi connectivity index (χ1v) is 8.21. The monoisotopic (exact) mass is 274 g/mol. The fraction of sp³-hybridized carbons (Fsp3) is 0.667. The predicted molar refractivity (Wildman–Crippen MR) is 86.7 cm³/mol. The number of hydrogen-bond donors (Lipinski definition) is 1. The Morgan fingerprint density at radius 2 is 2.00 bits per heavy atom. The van der Waals surface area contributed by atoms with Gasteiger partial charge in [0.05, 0.1) is 0 Å². The molecule has 1 fully saturated rings. The molecular weight excluding hydrogens is 244 g/mol. The van der Waals surface area contributed by atoms with Crippen LogP contribution in [-0.4, -0.2) is 24.0 Å². The summed E-state index contributed by atoms with van der Waals surface area (Å²) in [4.78, 5) is 2.63. The van der Waals surface area contributed by atoms with Gasteiger partial charge in [-0.2, -0.15) is 0 Å². The molecule has 1 saturated carbocycles. The quantitative estimate of drug-likeness (QED) is 0.736. The minimum Gasteiger partial charge on any atom is -0.310 e. The van der Waals surface area contributed by atoms with Crippen molar-refractivity contribution in [2.75, 3.05) is 13.1 Å². The Kier molecular flexibility index (Phi) is 6.06. The van der Waals surface area contributed by atoms with Crippen molar-refractivity contribution in [2.24, 2.45) is 5.92 Å². The molecule has 0 heterocycles. The molecule has 112 valence electrons. The molecule has 2 nitrogen and oxygen atoms in total. The summed E-state index contributed by atoms with van der Waals surface area (Å²) in [5, 5.41) is 3.50. The fourth-order valence-corrected chi connectivity index (χ4v) is 2.63. The van der Waals surface area contributed by atoms with E-state index in [-0.39, 0.29) is 0 Å². The van der Waals surface area contributed by atoms with E-state index in [1.165, 1.54) is 43.5 Å². The SMILES string of the molecule is CCCN(Cc1cccc(CNC(C)C)c1)CC1CC1. The van der Waals surface area contributed by atoms with Crippen LogP contribution in [-0.2, 0) is 13.1 Å². The fourth-order valence-electron chi connectivity index (χ4n) is 2.63. The van der Waals surface area contributed by atoms with Crippen LogP contribution in [0.5, 0.6) is 0 Å². The number of hydrogen-bond acceptors (Lipinski definition) is 2. The number of nitrogens with zero attached hydrogens (tertiary/aromatic N) is 1. The third-order valence-corrected chi connectivity index (χ3v) is 3.87. The van der Waals surface area contributed by atoms with E-state index in [1.807, 2.05) is 0 Å². The Bertz CT molecular complexity index is 396. The van der Waals surface area contributed by atoms with E-state index in [9.17, 15) is 0 Å². The summed E-state index contributed by atoms with van der Waals surface area (Å²) < 4.78 is 0. The Labute approximate surface area is 124 Å². The van der Waals surface area contributed by atoms with E-state index < -0.39 is 0 Å². The van der Waals surface area contributed by atoms with E-state index in [0.717, 1.165) is 19.0 Å². The lowest BCUT2D eigenvalue weighted by atomic mass is 10.1. The minimum absolute atomic E-state index is 0.546. The molecule has 2 rings (SSSR count). The molecule has 0 saturated heterocycles. The topological polar surface area (TPSA) is 15.3 Å². The maximum Gasteiger partial charge on any atom is 0.0233 e. The van der Waals surface area contributed by atoms with E-state index in [2.05, 4.69) is 55.3 Å². The minimum atomic E-state index is 0.546. The number of nitrogens with one attached hydrogen (secondary N) is 1. The average molecular weight is 274 g/mol. The van der Waals surface area contributed by atoms with E-state index in [1.54, 1.807) is 0 Å². The highest BCUT2D eigenvalue weighted by Gasteiger charge is 2.23. The second-order valence-corrected chi connectivity index (χ2v) is 6.53. The normalized spacial score (nSPS) is 15.2. The Hall–Kier alpha value is -0.860. The van der Waals surface area contributed by atoms with E-state index in [4.69, 9.17) is 0 Å². The molecule has 1 aliphatic carbocycles. The zero-order valence-corrected chi connectivity index (χ0v) is 13.4. The third kappa shape index (κ3) is 5.64. The summed E-state index contributed by atoms with van der Waals surface area (Å²) in [5.41, 5.74) is 2.86. The summed E-state index contributed by atoms with van der Waals surface area (Å²) in [7, 11) is 0. The van der Waals surface area contributed by atoms with Gasteiger partial charge in [0.15, 0.2) is 0 Å².